The van der Waals surface area contributed by atoms with Gasteiger partial charge in [-0.1, -0.05) is 12.1 Å². The van der Waals surface area contributed by atoms with Crippen LogP contribution in [0.3, 0.4) is 0 Å². The summed E-state index contributed by atoms with van der Waals surface area (Å²) in [5, 5.41) is 2.77. The predicted molar refractivity (Wildman–Crippen MR) is 123 cm³/mol. The lowest BCUT2D eigenvalue weighted by atomic mass is 9.96. The molecule has 1 N–H and O–H groups in total. The maximum Gasteiger partial charge on any atom is 0.338 e. The molecule has 0 radical (unpaired) electrons. The van der Waals surface area contributed by atoms with Gasteiger partial charge < -0.3 is 14.8 Å². The standard InChI is InChI=1S/C23H25N3O7S/c1-23(2)22(29)24-18-5-3-4-6-19(18)26(23)20(27)15-33-21(28)16-7-9-17(10-8-16)34(30,31)25-11-13-32-14-12-25/h3-10H,11-15H2,1-2H3,(H,24,29). The number of para-hydroxylation sites is 2. The molecule has 0 aromatic heterocycles. The molecule has 2 aliphatic heterocycles. The van der Waals surface area contributed by atoms with E-state index in [-0.39, 0.29) is 29.5 Å². The summed E-state index contributed by atoms with van der Waals surface area (Å²) < 4.78 is 37.1. The summed E-state index contributed by atoms with van der Waals surface area (Å²) in [5.74, 6) is -1.70. The van der Waals surface area contributed by atoms with Crippen molar-refractivity contribution in [2.24, 2.45) is 0 Å². The van der Waals surface area contributed by atoms with Crippen molar-refractivity contribution in [3.8, 4) is 0 Å². The highest BCUT2D eigenvalue weighted by Gasteiger charge is 2.43. The number of ether oxygens (including phenoxy) is 2. The molecule has 4 rings (SSSR count). The Bertz CT molecular complexity index is 1220. The second kappa shape index (κ2) is 9.16. The lowest BCUT2D eigenvalue weighted by Crippen LogP contribution is -2.59. The Morgan fingerprint density at radius 3 is 2.38 bits per heavy atom. The van der Waals surface area contributed by atoms with Gasteiger partial charge in [0.05, 0.1) is 35.0 Å². The largest absolute Gasteiger partial charge is 0.452 e. The Hall–Kier alpha value is -3.28. The Balaban J connectivity index is 1.45. The van der Waals surface area contributed by atoms with Gasteiger partial charge in [-0.05, 0) is 50.2 Å². The van der Waals surface area contributed by atoms with Crippen molar-refractivity contribution < 1.29 is 32.3 Å². The molecule has 2 amide bonds. The summed E-state index contributed by atoms with van der Waals surface area (Å²) in [5.41, 5.74) is -0.0907. The average molecular weight is 488 g/mol. The lowest BCUT2D eigenvalue weighted by molar-refractivity contribution is -0.128. The van der Waals surface area contributed by atoms with Crippen LogP contribution in [0.15, 0.2) is 53.4 Å². The molecule has 34 heavy (non-hydrogen) atoms. The third-order valence-electron chi connectivity index (χ3n) is 5.78. The first-order chi connectivity index (χ1) is 16.1. The van der Waals surface area contributed by atoms with Crippen molar-refractivity contribution in [2.75, 3.05) is 43.1 Å². The Labute approximate surface area is 197 Å². The predicted octanol–water partition coefficient (Wildman–Crippen LogP) is 1.63. The van der Waals surface area contributed by atoms with E-state index in [0.29, 0.717) is 24.6 Å². The SMILES string of the molecule is CC1(C)C(=O)Nc2ccccc2N1C(=O)COC(=O)c1ccc(S(=O)(=O)N2CCOCC2)cc1. The summed E-state index contributed by atoms with van der Waals surface area (Å²) in [7, 11) is -3.69. The molecule has 11 heteroatoms. The summed E-state index contributed by atoms with van der Waals surface area (Å²) >= 11 is 0. The van der Waals surface area contributed by atoms with E-state index in [1.807, 2.05) is 0 Å². The van der Waals surface area contributed by atoms with Crippen molar-refractivity contribution in [1.29, 1.82) is 0 Å². The molecule has 0 spiro atoms. The molecule has 1 fully saturated rings. The number of amides is 2. The fraction of sp³-hybridized carbons (Fsp3) is 0.348. The van der Waals surface area contributed by atoms with E-state index in [1.165, 1.54) is 33.5 Å². The zero-order chi connectivity index (χ0) is 24.5. The smallest absolute Gasteiger partial charge is 0.338 e. The monoisotopic (exact) mass is 487 g/mol. The minimum absolute atomic E-state index is 0.0553. The molecule has 2 aromatic carbocycles. The van der Waals surface area contributed by atoms with Crippen LogP contribution in [0.4, 0.5) is 11.4 Å². The minimum atomic E-state index is -3.69. The summed E-state index contributed by atoms with van der Waals surface area (Å²) in [6.45, 7) is 3.81. The Kier molecular flexibility index (Phi) is 6.43. The maximum atomic E-state index is 13.0. The highest BCUT2D eigenvalue weighted by molar-refractivity contribution is 7.89. The number of sulfonamides is 1. The van der Waals surface area contributed by atoms with Crippen molar-refractivity contribution in [3.05, 3.63) is 54.1 Å². The number of nitrogens with one attached hydrogen (secondary N) is 1. The van der Waals surface area contributed by atoms with E-state index in [1.54, 1.807) is 38.1 Å². The third kappa shape index (κ3) is 4.41. The van der Waals surface area contributed by atoms with E-state index in [2.05, 4.69) is 5.32 Å². The highest BCUT2D eigenvalue weighted by Crippen LogP contribution is 2.36. The van der Waals surface area contributed by atoms with Gasteiger partial charge in [0.2, 0.25) is 15.9 Å². The molecular formula is C23H25N3O7S. The van der Waals surface area contributed by atoms with Crippen molar-refractivity contribution in [3.63, 3.8) is 0 Å². The second-order valence-electron chi connectivity index (χ2n) is 8.38. The van der Waals surface area contributed by atoms with Crippen molar-refractivity contribution in [2.45, 2.75) is 24.3 Å². The summed E-state index contributed by atoms with van der Waals surface area (Å²) in [4.78, 5) is 39.4. The Morgan fingerprint density at radius 1 is 1.06 bits per heavy atom. The number of hydrogen-bond donors (Lipinski definition) is 1. The first-order valence-electron chi connectivity index (χ1n) is 10.7. The first-order valence-corrected chi connectivity index (χ1v) is 12.1. The summed E-state index contributed by atoms with van der Waals surface area (Å²) in [6.07, 6.45) is 0. The fourth-order valence-corrected chi connectivity index (χ4v) is 5.28. The van der Waals surface area contributed by atoms with Crippen molar-refractivity contribution in [1.82, 2.24) is 4.31 Å². The van der Waals surface area contributed by atoms with Gasteiger partial charge in [-0.25, -0.2) is 13.2 Å². The van der Waals surface area contributed by atoms with Crippen LogP contribution in [0.25, 0.3) is 0 Å². The van der Waals surface area contributed by atoms with Gasteiger partial charge in [-0.3, -0.25) is 14.5 Å². The van der Waals surface area contributed by atoms with Crippen LogP contribution < -0.4 is 10.2 Å². The van der Waals surface area contributed by atoms with E-state index in [0.717, 1.165) is 0 Å². The second-order valence-corrected chi connectivity index (χ2v) is 10.3. The number of nitrogens with zero attached hydrogens (tertiary/aromatic N) is 2. The van der Waals surface area contributed by atoms with Crippen molar-refractivity contribution >= 4 is 39.2 Å². The van der Waals surface area contributed by atoms with E-state index in [4.69, 9.17) is 9.47 Å². The van der Waals surface area contributed by atoms with Crippen LogP contribution in [0.5, 0.6) is 0 Å². The number of morpholine rings is 1. The fourth-order valence-electron chi connectivity index (χ4n) is 3.87. The molecule has 0 saturated carbocycles. The van der Waals surface area contributed by atoms with Gasteiger partial charge >= 0.3 is 5.97 Å². The third-order valence-corrected chi connectivity index (χ3v) is 7.69. The number of carbonyl (C=O) groups excluding carboxylic acids is 3. The van der Waals surface area contributed by atoms with E-state index < -0.39 is 34.0 Å². The van der Waals surface area contributed by atoms with Gasteiger partial charge in [-0.2, -0.15) is 4.31 Å². The van der Waals surface area contributed by atoms with Gasteiger partial charge in [0.15, 0.2) is 6.61 Å². The minimum Gasteiger partial charge on any atom is -0.452 e. The Morgan fingerprint density at radius 2 is 1.71 bits per heavy atom. The normalized spacial score (nSPS) is 18.1. The number of rotatable bonds is 5. The molecule has 2 aliphatic rings. The average Bonchev–Trinajstić information content (AvgIpc) is 2.83. The quantitative estimate of drug-likeness (QED) is 0.636. The highest BCUT2D eigenvalue weighted by atomic mass is 32.2. The van der Waals surface area contributed by atoms with Crippen LogP contribution in [0.1, 0.15) is 24.2 Å². The zero-order valence-corrected chi connectivity index (χ0v) is 19.6. The van der Waals surface area contributed by atoms with E-state index >= 15 is 0 Å². The topological polar surface area (TPSA) is 122 Å². The van der Waals surface area contributed by atoms with Gasteiger partial charge in [0.1, 0.15) is 5.54 Å². The number of hydrogen-bond acceptors (Lipinski definition) is 7. The molecule has 0 atom stereocenters. The molecule has 180 valence electrons. The number of esters is 1. The molecule has 0 aliphatic carbocycles. The molecule has 0 bridgehead atoms. The van der Waals surface area contributed by atoms with Crippen LogP contribution in [0.2, 0.25) is 0 Å². The maximum absolute atomic E-state index is 13.0. The molecule has 2 heterocycles. The summed E-state index contributed by atoms with van der Waals surface area (Å²) in [6, 6.07) is 12.2. The number of benzene rings is 2. The molecular weight excluding hydrogens is 462 g/mol. The van der Waals surface area contributed by atoms with Crippen LogP contribution in [-0.2, 0) is 29.1 Å². The molecule has 0 unspecified atom stereocenters. The lowest BCUT2D eigenvalue weighted by Gasteiger charge is -2.41. The first kappa shape index (κ1) is 23.9. The van der Waals surface area contributed by atoms with Crippen LogP contribution in [-0.4, -0.2) is 69.0 Å². The van der Waals surface area contributed by atoms with Crippen LogP contribution >= 0.6 is 0 Å². The number of fused-ring (bicyclic) bond motifs is 1. The van der Waals surface area contributed by atoms with Crippen LogP contribution in [0, 0.1) is 0 Å². The van der Waals surface area contributed by atoms with Gasteiger partial charge in [-0.15, -0.1) is 0 Å². The molecule has 2 aromatic rings. The number of anilines is 2. The molecule has 1 saturated heterocycles. The zero-order valence-electron chi connectivity index (χ0n) is 18.8. The van der Waals surface area contributed by atoms with Gasteiger partial charge in [0.25, 0.3) is 5.91 Å². The molecule has 10 nitrogen and oxygen atoms in total. The van der Waals surface area contributed by atoms with Gasteiger partial charge in [0, 0.05) is 13.1 Å². The van der Waals surface area contributed by atoms with E-state index in [9.17, 15) is 22.8 Å². The number of carbonyl (C=O) groups is 3.